The van der Waals surface area contributed by atoms with E-state index in [9.17, 15) is 0 Å². The predicted octanol–water partition coefficient (Wildman–Crippen LogP) is 0.0989. The molecule has 1 aliphatic rings. The van der Waals surface area contributed by atoms with E-state index < -0.39 is 0 Å². The van der Waals surface area contributed by atoms with E-state index in [1.54, 1.807) is 0 Å². The molecule has 1 heterocycles. The zero-order valence-electron chi connectivity index (χ0n) is 7.84. The molecule has 0 spiro atoms. The number of aliphatic hydroxyl groups excluding tert-OH is 1. The van der Waals surface area contributed by atoms with Crippen LogP contribution in [-0.4, -0.2) is 36.9 Å². The van der Waals surface area contributed by atoms with Crippen molar-refractivity contribution >= 4 is 0 Å². The number of hydrogen-bond donors (Lipinski definition) is 3. The van der Waals surface area contributed by atoms with Gasteiger partial charge >= 0.3 is 0 Å². The maximum atomic E-state index is 8.86. The van der Waals surface area contributed by atoms with Crippen molar-refractivity contribution < 1.29 is 5.11 Å². The molecule has 1 aliphatic heterocycles. The first-order chi connectivity index (χ1) is 5.83. The van der Waals surface area contributed by atoms with Crippen molar-refractivity contribution in [2.75, 3.05) is 19.7 Å². The molecule has 12 heavy (non-hydrogen) atoms. The second kappa shape index (κ2) is 5.51. The fourth-order valence-electron chi connectivity index (χ4n) is 1.64. The molecule has 2 unspecified atom stereocenters. The Morgan fingerprint density at radius 3 is 3.08 bits per heavy atom. The topological polar surface area (TPSA) is 44.3 Å². The van der Waals surface area contributed by atoms with Gasteiger partial charge in [-0.25, -0.2) is 0 Å². The molecule has 0 bridgehead atoms. The number of hydrogen-bond acceptors (Lipinski definition) is 3. The van der Waals surface area contributed by atoms with Gasteiger partial charge in [-0.15, -0.1) is 0 Å². The molecule has 0 radical (unpaired) electrons. The van der Waals surface area contributed by atoms with Crippen LogP contribution in [-0.2, 0) is 0 Å². The molecule has 0 aromatic rings. The second-order valence-corrected chi connectivity index (χ2v) is 3.63. The van der Waals surface area contributed by atoms with Crippen molar-refractivity contribution in [3.8, 4) is 0 Å². The molecule has 3 heteroatoms. The average Bonchev–Trinajstić information content (AvgIpc) is 2.33. The van der Waals surface area contributed by atoms with Crippen LogP contribution >= 0.6 is 0 Å². The third kappa shape index (κ3) is 3.52. The van der Waals surface area contributed by atoms with Crippen LogP contribution in [0.5, 0.6) is 0 Å². The van der Waals surface area contributed by atoms with Crippen molar-refractivity contribution in [3.63, 3.8) is 0 Å². The molecule has 0 aromatic heterocycles. The van der Waals surface area contributed by atoms with Crippen LogP contribution < -0.4 is 10.6 Å². The predicted molar refractivity (Wildman–Crippen MR) is 50.2 cm³/mol. The first-order valence-corrected chi connectivity index (χ1v) is 4.90. The van der Waals surface area contributed by atoms with E-state index >= 15 is 0 Å². The van der Waals surface area contributed by atoms with Crippen LogP contribution in [0.4, 0.5) is 0 Å². The second-order valence-electron chi connectivity index (χ2n) is 3.63. The Kier molecular flexibility index (Phi) is 4.58. The van der Waals surface area contributed by atoms with Gasteiger partial charge in [0, 0.05) is 12.1 Å². The summed E-state index contributed by atoms with van der Waals surface area (Å²) in [7, 11) is 0. The Hall–Kier alpha value is -0.120. The summed E-state index contributed by atoms with van der Waals surface area (Å²) in [5.74, 6) is 0. The monoisotopic (exact) mass is 172 g/mol. The van der Waals surface area contributed by atoms with Crippen LogP contribution in [0.1, 0.15) is 26.2 Å². The lowest BCUT2D eigenvalue weighted by atomic mass is 10.1. The molecular formula is C9H20N2O. The van der Waals surface area contributed by atoms with Gasteiger partial charge in [0.15, 0.2) is 0 Å². The van der Waals surface area contributed by atoms with E-state index in [1.165, 1.54) is 19.3 Å². The highest BCUT2D eigenvalue weighted by Gasteiger charge is 2.12. The van der Waals surface area contributed by atoms with Crippen LogP contribution in [0.25, 0.3) is 0 Å². The molecule has 3 nitrogen and oxygen atoms in total. The van der Waals surface area contributed by atoms with Gasteiger partial charge < -0.3 is 15.7 Å². The van der Waals surface area contributed by atoms with Crippen LogP contribution in [0, 0.1) is 0 Å². The number of aliphatic hydroxyl groups is 1. The third-order valence-electron chi connectivity index (χ3n) is 2.37. The molecule has 0 saturated carbocycles. The van der Waals surface area contributed by atoms with Gasteiger partial charge in [-0.1, -0.05) is 0 Å². The Labute approximate surface area is 74.5 Å². The minimum atomic E-state index is 0.240. The summed E-state index contributed by atoms with van der Waals surface area (Å²) in [4.78, 5) is 0. The van der Waals surface area contributed by atoms with E-state index in [4.69, 9.17) is 5.11 Å². The summed E-state index contributed by atoms with van der Waals surface area (Å²) in [5, 5.41) is 15.6. The minimum Gasteiger partial charge on any atom is -0.395 e. The Balaban J connectivity index is 2.20. The summed E-state index contributed by atoms with van der Waals surface area (Å²) in [5.41, 5.74) is 0. The molecule has 1 rings (SSSR count). The zero-order valence-corrected chi connectivity index (χ0v) is 7.84. The summed E-state index contributed by atoms with van der Waals surface area (Å²) < 4.78 is 0. The zero-order chi connectivity index (χ0) is 8.81. The first kappa shape index (κ1) is 9.96. The summed E-state index contributed by atoms with van der Waals surface area (Å²) in [6.45, 7) is 4.52. The van der Waals surface area contributed by atoms with Crippen LogP contribution in [0.15, 0.2) is 0 Å². The maximum Gasteiger partial charge on any atom is 0.0582 e. The van der Waals surface area contributed by atoms with Gasteiger partial charge in [0.25, 0.3) is 0 Å². The van der Waals surface area contributed by atoms with Crippen molar-refractivity contribution in [3.05, 3.63) is 0 Å². The standard InChI is InChI=1S/C9H20N2O/c1-8(7-12)11-9-3-2-5-10-6-4-9/h8-12H,2-7H2,1H3. The molecule has 1 saturated heterocycles. The van der Waals surface area contributed by atoms with Crippen molar-refractivity contribution in [2.45, 2.75) is 38.3 Å². The smallest absolute Gasteiger partial charge is 0.0582 e. The van der Waals surface area contributed by atoms with E-state index in [1.807, 2.05) is 6.92 Å². The van der Waals surface area contributed by atoms with Gasteiger partial charge in [-0.05, 0) is 39.3 Å². The van der Waals surface area contributed by atoms with E-state index in [2.05, 4.69) is 10.6 Å². The van der Waals surface area contributed by atoms with E-state index in [-0.39, 0.29) is 12.6 Å². The van der Waals surface area contributed by atoms with E-state index in [0.717, 1.165) is 13.1 Å². The number of nitrogens with one attached hydrogen (secondary N) is 2. The SMILES string of the molecule is CC(CO)NC1CCCNCC1. The highest BCUT2D eigenvalue weighted by Crippen LogP contribution is 2.05. The van der Waals surface area contributed by atoms with Crippen molar-refractivity contribution in [1.82, 2.24) is 10.6 Å². The summed E-state index contributed by atoms with van der Waals surface area (Å²) >= 11 is 0. The van der Waals surface area contributed by atoms with Crippen molar-refractivity contribution in [2.24, 2.45) is 0 Å². The Morgan fingerprint density at radius 1 is 1.50 bits per heavy atom. The average molecular weight is 172 g/mol. The fourth-order valence-corrected chi connectivity index (χ4v) is 1.64. The molecule has 0 amide bonds. The van der Waals surface area contributed by atoms with Crippen LogP contribution in [0.2, 0.25) is 0 Å². The fraction of sp³-hybridized carbons (Fsp3) is 1.00. The molecular weight excluding hydrogens is 152 g/mol. The molecule has 3 N–H and O–H groups in total. The molecule has 0 aliphatic carbocycles. The molecule has 1 fully saturated rings. The van der Waals surface area contributed by atoms with Crippen molar-refractivity contribution in [1.29, 1.82) is 0 Å². The lowest BCUT2D eigenvalue weighted by molar-refractivity contribution is 0.237. The molecule has 2 atom stereocenters. The van der Waals surface area contributed by atoms with E-state index in [0.29, 0.717) is 6.04 Å². The largest absolute Gasteiger partial charge is 0.395 e. The Morgan fingerprint density at radius 2 is 2.33 bits per heavy atom. The summed E-state index contributed by atoms with van der Waals surface area (Å²) in [6.07, 6.45) is 3.66. The number of rotatable bonds is 3. The molecule has 0 aromatic carbocycles. The molecule has 72 valence electrons. The highest BCUT2D eigenvalue weighted by atomic mass is 16.3. The van der Waals surface area contributed by atoms with Crippen LogP contribution in [0.3, 0.4) is 0 Å². The van der Waals surface area contributed by atoms with Gasteiger partial charge in [0.2, 0.25) is 0 Å². The highest BCUT2D eigenvalue weighted by molar-refractivity contribution is 4.75. The van der Waals surface area contributed by atoms with Gasteiger partial charge in [0.1, 0.15) is 0 Å². The minimum absolute atomic E-state index is 0.240. The Bertz CT molecular complexity index is 111. The summed E-state index contributed by atoms with van der Waals surface area (Å²) in [6, 6.07) is 0.843. The quantitative estimate of drug-likeness (QED) is 0.565. The van der Waals surface area contributed by atoms with Gasteiger partial charge in [-0.2, -0.15) is 0 Å². The third-order valence-corrected chi connectivity index (χ3v) is 2.37. The maximum absolute atomic E-state index is 8.86. The normalized spacial score (nSPS) is 28.0. The van der Waals surface area contributed by atoms with Gasteiger partial charge in [0.05, 0.1) is 6.61 Å². The lowest BCUT2D eigenvalue weighted by Crippen LogP contribution is -2.39. The van der Waals surface area contributed by atoms with Gasteiger partial charge in [-0.3, -0.25) is 0 Å². The first-order valence-electron chi connectivity index (χ1n) is 4.90. The lowest BCUT2D eigenvalue weighted by Gasteiger charge is -2.19.